The SMILES string of the molecule is CCN=C(/C=C(\N)c1cnc2cc(OC)c(S(O)(O)C(C)(C)C)cn12)C(=O)NCc1ncccn1. The van der Waals surface area contributed by atoms with Crippen molar-refractivity contribution in [1.29, 1.82) is 0 Å². The van der Waals surface area contributed by atoms with Crippen molar-refractivity contribution >= 4 is 33.6 Å². The number of imidazole rings is 1. The summed E-state index contributed by atoms with van der Waals surface area (Å²) in [5, 5.41) is 2.74. The van der Waals surface area contributed by atoms with E-state index in [0.717, 1.165) is 0 Å². The van der Waals surface area contributed by atoms with E-state index in [1.807, 2.05) is 6.92 Å². The van der Waals surface area contributed by atoms with Crippen LogP contribution in [0.5, 0.6) is 5.75 Å². The van der Waals surface area contributed by atoms with Crippen molar-refractivity contribution in [3.8, 4) is 5.75 Å². The summed E-state index contributed by atoms with van der Waals surface area (Å²) in [5.41, 5.74) is 7.65. The third-order valence-electron chi connectivity index (χ3n) is 5.13. The Morgan fingerprint density at radius 2 is 1.97 bits per heavy atom. The molecule has 188 valence electrons. The monoisotopic (exact) mass is 501 g/mol. The van der Waals surface area contributed by atoms with E-state index in [4.69, 9.17) is 10.5 Å². The molecular weight excluding hydrogens is 470 g/mol. The smallest absolute Gasteiger partial charge is 0.269 e. The second kappa shape index (κ2) is 10.4. The molecule has 3 rings (SSSR count). The number of pyridine rings is 1. The number of aliphatic imine (C=N–C) groups is 1. The minimum atomic E-state index is -3.24. The largest absolute Gasteiger partial charge is 0.495 e. The zero-order valence-corrected chi connectivity index (χ0v) is 21.2. The van der Waals surface area contributed by atoms with Crippen molar-refractivity contribution in [3.05, 3.63) is 54.5 Å². The highest BCUT2D eigenvalue weighted by molar-refractivity contribution is 8.25. The molecule has 12 heteroatoms. The first-order valence-electron chi connectivity index (χ1n) is 10.9. The molecule has 3 heterocycles. The van der Waals surface area contributed by atoms with E-state index in [9.17, 15) is 13.9 Å². The Morgan fingerprint density at radius 3 is 2.57 bits per heavy atom. The van der Waals surface area contributed by atoms with Crippen molar-refractivity contribution in [2.45, 2.75) is 43.9 Å². The van der Waals surface area contributed by atoms with Gasteiger partial charge in [0.25, 0.3) is 5.91 Å². The number of nitrogens with one attached hydrogen (secondary N) is 1. The lowest BCUT2D eigenvalue weighted by Crippen LogP contribution is -2.31. The lowest BCUT2D eigenvalue weighted by molar-refractivity contribution is -0.114. The van der Waals surface area contributed by atoms with Crippen molar-refractivity contribution in [2.75, 3.05) is 13.7 Å². The minimum absolute atomic E-state index is 0.128. The molecule has 5 N–H and O–H groups in total. The van der Waals surface area contributed by atoms with Gasteiger partial charge in [-0.2, -0.15) is 10.6 Å². The average Bonchev–Trinajstić information content (AvgIpc) is 3.24. The van der Waals surface area contributed by atoms with E-state index in [1.165, 1.54) is 19.4 Å². The van der Waals surface area contributed by atoms with Gasteiger partial charge in [-0.05, 0) is 39.8 Å². The van der Waals surface area contributed by atoms with Crippen LogP contribution < -0.4 is 15.8 Å². The summed E-state index contributed by atoms with van der Waals surface area (Å²) in [5.74, 6) is 0.345. The first-order chi connectivity index (χ1) is 16.5. The number of ether oxygens (including phenoxy) is 1. The Hall–Kier alpha value is -3.48. The lowest BCUT2D eigenvalue weighted by atomic mass is 10.2. The van der Waals surface area contributed by atoms with Gasteiger partial charge >= 0.3 is 0 Å². The van der Waals surface area contributed by atoms with Crippen LogP contribution >= 0.6 is 10.6 Å². The standard InChI is InChI=1S/C23H31N7O4S/c1-6-25-16(22(31)29-13-20-26-8-7-9-27-20)10-15(24)17-12-28-21-11-18(34-5)19(14-30(17)21)35(32,33)23(2,3)4/h7-12,14,32-33H,6,13,24H2,1-5H3,(H,29,31)/b15-10-,25-16?. The van der Waals surface area contributed by atoms with E-state index in [2.05, 4.69) is 25.3 Å². The summed E-state index contributed by atoms with van der Waals surface area (Å²) in [4.78, 5) is 29.8. The van der Waals surface area contributed by atoms with Gasteiger partial charge in [0.2, 0.25) is 0 Å². The van der Waals surface area contributed by atoms with Crippen LogP contribution in [0, 0.1) is 0 Å². The Kier molecular flexibility index (Phi) is 7.78. The number of amides is 1. The summed E-state index contributed by atoms with van der Waals surface area (Å²) in [6.45, 7) is 7.53. The number of rotatable bonds is 8. The lowest BCUT2D eigenvalue weighted by Gasteiger charge is -2.44. The predicted octanol–water partition coefficient (Wildman–Crippen LogP) is 3.12. The summed E-state index contributed by atoms with van der Waals surface area (Å²) in [7, 11) is -1.79. The van der Waals surface area contributed by atoms with Gasteiger partial charge in [0, 0.05) is 31.2 Å². The Morgan fingerprint density at radius 1 is 1.29 bits per heavy atom. The highest BCUT2D eigenvalue weighted by Crippen LogP contribution is 2.61. The zero-order valence-electron chi connectivity index (χ0n) is 20.4. The summed E-state index contributed by atoms with van der Waals surface area (Å²) < 4.78 is 28.2. The molecule has 0 atom stereocenters. The number of nitrogens with two attached hydrogens (primary N) is 1. The first-order valence-corrected chi connectivity index (χ1v) is 12.4. The van der Waals surface area contributed by atoms with Crippen LogP contribution in [0.25, 0.3) is 11.3 Å². The highest BCUT2D eigenvalue weighted by atomic mass is 32.3. The van der Waals surface area contributed by atoms with Gasteiger partial charge in [-0.15, -0.1) is 0 Å². The maximum Gasteiger partial charge on any atom is 0.269 e. The third-order valence-corrected chi connectivity index (χ3v) is 7.76. The van der Waals surface area contributed by atoms with Crippen LogP contribution in [-0.2, 0) is 11.3 Å². The molecule has 0 spiro atoms. The molecule has 3 aromatic heterocycles. The van der Waals surface area contributed by atoms with Gasteiger partial charge in [0.05, 0.1) is 36.0 Å². The van der Waals surface area contributed by atoms with Crippen molar-refractivity contribution < 1.29 is 18.6 Å². The van der Waals surface area contributed by atoms with Crippen molar-refractivity contribution in [3.63, 3.8) is 0 Å². The molecule has 0 aliphatic heterocycles. The van der Waals surface area contributed by atoms with Crippen LogP contribution in [0.1, 0.15) is 39.2 Å². The van der Waals surface area contributed by atoms with Gasteiger partial charge in [-0.25, -0.2) is 15.0 Å². The summed E-state index contributed by atoms with van der Waals surface area (Å²) >= 11 is 0. The van der Waals surface area contributed by atoms with E-state index in [0.29, 0.717) is 29.5 Å². The molecule has 0 saturated carbocycles. The van der Waals surface area contributed by atoms with Crippen LogP contribution in [0.15, 0.2) is 52.9 Å². The molecule has 0 aliphatic carbocycles. The van der Waals surface area contributed by atoms with Gasteiger partial charge in [0.15, 0.2) is 0 Å². The van der Waals surface area contributed by atoms with Crippen LogP contribution in [-0.4, -0.2) is 58.5 Å². The van der Waals surface area contributed by atoms with Gasteiger partial charge < -0.3 is 15.8 Å². The fraction of sp³-hybridized carbons (Fsp3) is 0.348. The number of carbonyl (C=O) groups is 1. The normalized spacial score (nSPS) is 13.7. The maximum absolute atomic E-state index is 12.8. The molecule has 0 bridgehead atoms. The number of fused-ring (bicyclic) bond motifs is 1. The van der Waals surface area contributed by atoms with E-state index < -0.39 is 21.2 Å². The molecule has 35 heavy (non-hydrogen) atoms. The maximum atomic E-state index is 12.8. The average molecular weight is 502 g/mol. The van der Waals surface area contributed by atoms with E-state index >= 15 is 0 Å². The Balaban J connectivity index is 1.98. The number of nitrogens with zero attached hydrogens (tertiary/aromatic N) is 5. The Labute approximate surface area is 205 Å². The molecule has 0 radical (unpaired) electrons. The molecule has 0 aromatic carbocycles. The van der Waals surface area contributed by atoms with Gasteiger partial charge in [-0.1, -0.05) is 0 Å². The number of aromatic nitrogens is 4. The van der Waals surface area contributed by atoms with Crippen LogP contribution in [0.3, 0.4) is 0 Å². The number of methoxy groups -OCH3 is 1. The van der Waals surface area contributed by atoms with Gasteiger partial charge in [-0.3, -0.25) is 23.3 Å². The fourth-order valence-corrected chi connectivity index (χ4v) is 4.48. The first kappa shape index (κ1) is 26.1. The fourth-order valence-electron chi connectivity index (χ4n) is 3.15. The third kappa shape index (κ3) is 5.61. The number of carbonyl (C=O) groups excluding carboxylic acids is 1. The van der Waals surface area contributed by atoms with E-state index in [-0.39, 0.29) is 22.8 Å². The van der Waals surface area contributed by atoms with Gasteiger partial charge in [0.1, 0.15) is 27.8 Å². The number of hydrogen-bond acceptors (Lipinski definition) is 9. The van der Waals surface area contributed by atoms with Crippen LogP contribution in [0.4, 0.5) is 0 Å². The summed E-state index contributed by atoms with van der Waals surface area (Å²) in [6.07, 6.45) is 7.74. The predicted molar refractivity (Wildman–Crippen MR) is 137 cm³/mol. The highest BCUT2D eigenvalue weighted by Gasteiger charge is 2.34. The van der Waals surface area contributed by atoms with Crippen molar-refractivity contribution in [1.82, 2.24) is 24.7 Å². The number of hydrogen-bond donors (Lipinski definition) is 4. The van der Waals surface area contributed by atoms with Crippen LogP contribution in [0.2, 0.25) is 0 Å². The molecule has 0 fully saturated rings. The minimum Gasteiger partial charge on any atom is -0.495 e. The molecule has 0 aliphatic rings. The molecule has 3 aromatic rings. The van der Waals surface area contributed by atoms with Crippen molar-refractivity contribution in [2.24, 2.45) is 10.7 Å². The zero-order chi connectivity index (χ0) is 25.8. The Bertz CT molecular complexity index is 1260. The second-order valence-electron chi connectivity index (χ2n) is 8.55. The topological polar surface area (TPSA) is 160 Å². The summed E-state index contributed by atoms with van der Waals surface area (Å²) in [6, 6.07) is 3.30. The second-order valence-corrected chi connectivity index (χ2v) is 11.3. The quantitative estimate of drug-likeness (QED) is 0.342. The molecular formula is C23H31N7O4S. The molecule has 11 nitrogen and oxygen atoms in total. The van der Waals surface area contributed by atoms with E-state index in [1.54, 1.807) is 55.9 Å². The molecule has 1 amide bonds. The molecule has 0 saturated heterocycles. The molecule has 0 unspecified atom stereocenters.